The van der Waals surface area contributed by atoms with Crippen LogP contribution in [0.4, 0.5) is 0 Å². The second-order valence-corrected chi connectivity index (χ2v) is 14.0. The van der Waals surface area contributed by atoms with Gasteiger partial charge in [-0.15, -0.1) is 11.3 Å². The Kier molecular flexibility index (Phi) is 6.12. The van der Waals surface area contributed by atoms with Crippen LogP contribution in [0.1, 0.15) is 22.9 Å². The van der Waals surface area contributed by atoms with E-state index < -0.39 is 0 Å². The first kappa shape index (κ1) is 28.3. The first-order chi connectivity index (χ1) is 25.3. The van der Waals surface area contributed by atoms with E-state index in [4.69, 9.17) is 14.4 Å². The Morgan fingerprint density at radius 3 is 2.10 bits per heavy atom. The highest BCUT2D eigenvalue weighted by Gasteiger charge is 2.24. The Hall–Kier alpha value is -6.50. The van der Waals surface area contributed by atoms with Crippen LogP contribution in [0.25, 0.3) is 69.6 Å². The molecule has 10 aromatic rings. The Morgan fingerprint density at radius 1 is 0.588 bits per heavy atom. The molecule has 0 radical (unpaired) electrons. The molecule has 0 bridgehead atoms. The fourth-order valence-corrected chi connectivity index (χ4v) is 8.92. The predicted octanol–water partition coefficient (Wildman–Crippen LogP) is 11.5. The van der Waals surface area contributed by atoms with E-state index in [1.165, 1.54) is 47.7 Å². The minimum absolute atomic E-state index is 0.315. The standard InChI is InChI=1S/C45H28N4OS/c1-2-12-27(13-3-1)43-46-44(48-45(47-43)34-19-10-17-32-31-16-6-9-23-39(31)50-41(32)34)28-24-25-40-35(26-28)33-18-11-22-38(42(33)51-40)49-36-20-7-4-14-29(36)30-15-5-8-21-37(30)49/h1-26,43H,(H,46,47,48). The highest BCUT2D eigenvalue weighted by molar-refractivity contribution is 7.26. The van der Waals surface area contributed by atoms with Gasteiger partial charge >= 0.3 is 0 Å². The zero-order valence-electron chi connectivity index (χ0n) is 27.2. The minimum Gasteiger partial charge on any atom is -0.455 e. The quantitative estimate of drug-likeness (QED) is 0.202. The molecule has 51 heavy (non-hydrogen) atoms. The smallest absolute Gasteiger partial charge is 0.163 e. The summed E-state index contributed by atoms with van der Waals surface area (Å²) in [5.41, 5.74) is 8.22. The molecule has 0 aliphatic carbocycles. The zero-order valence-corrected chi connectivity index (χ0v) is 28.1. The molecule has 6 heteroatoms. The van der Waals surface area contributed by atoms with Gasteiger partial charge in [-0.25, -0.2) is 9.98 Å². The van der Waals surface area contributed by atoms with Gasteiger partial charge in [0.15, 0.2) is 5.84 Å². The first-order valence-corrected chi connectivity index (χ1v) is 17.9. The second-order valence-electron chi connectivity index (χ2n) is 13.0. The van der Waals surface area contributed by atoms with Crippen LogP contribution in [0.2, 0.25) is 0 Å². The lowest BCUT2D eigenvalue weighted by Crippen LogP contribution is -2.33. The molecule has 240 valence electrons. The average molecular weight is 673 g/mol. The van der Waals surface area contributed by atoms with Gasteiger partial charge < -0.3 is 14.3 Å². The van der Waals surface area contributed by atoms with Crippen LogP contribution in [0.5, 0.6) is 0 Å². The molecule has 1 atom stereocenters. The number of amidine groups is 2. The summed E-state index contributed by atoms with van der Waals surface area (Å²) in [6, 6.07) is 55.5. The van der Waals surface area contributed by atoms with Gasteiger partial charge in [0.05, 0.1) is 27.0 Å². The monoisotopic (exact) mass is 672 g/mol. The van der Waals surface area contributed by atoms with Gasteiger partial charge in [0.1, 0.15) is 23.2 Å². The Balaban J connectivity index is 1.09. The normalized spacial score (nSPS) is 14.9. The summed E-state index contributed by atoms with van der Waals surface area (Å²) < 4.78 is 11.4. The third-order valence-electron chi connectivity index (χ3n) is 10.1. The largest absolute Gasteiger partial charge is 0.455 e. The summed E-state index contributed by atoms with van der Waals surface area (Å²) in [6.45, 7) is 0. The molecule has 3 aromatic heterocycles. The van der Waals surface area contributed by atoms with Gasteiger partial charge in [0.2, 0.25) is 0 Å². The molecule has 1 aliphatic heterocycles. The lowest BCUT2D eigenvalue weighted by atomic mass is 10.1. The van der Waals surface area contributed by atoms with Crippen molar-refractivity contribution in [2.75, 3.05) is 0 Å². The molecule has 1 aliphatic rings. The number of thiophene rings is 1. The van der Waals surface area contributed by atoms with Crippen molar-refractivity contribution in [1.29, 1.82) is 0 Å². The molecule has 1 unspecified atom stereocenters. The van der Waals surface area contributed by atoms with Crippen molar-refractivity contribution in [3.8, 4) is 5.69 Å². The molecule has 0 amide bonds. The molecule has 0 saturated carbocycles. The molecule has 7 aromatic carbocycles. The maximum atomic E-state index is 6.44. The van der Waals surface area contributed by atoms with E-state index in [-0.39, 0.29) is 6.17 Å². The van der Waals surface area contributed by atoms with Crippen LogP contribution >= 0.6 is 11.3 Å². The fourth-order valence-electron chi connectivity index (χ4n) is 7.73. The number of aromatic nitrogens is 1. The number of fused-ring (bicyclic) bond motifs is 9. The van der Waals surface area contributed by atoms with Gasteiger partial charge in [0.25, 0.3) is 0 Å². The summed E-state index contributed by atoms with van der Waals surface area (Å²) >= 11 is 1.84. The summed E-state index contributed by atoms with van der Waals surface area (Å²) in [6.07, 6.45) is -0.315. The van der Waals surface area contributed by atoms with Crippen molar-refractivity contribution in [2.24, 2.45) is 9.98 Å². The SMILES string of the molecule is c1ccc(C2N=C(c3cccc4c3oc3ccccc34)N=C(c3ccc4sc5c(-n6c7ccccc7c7ccccc76)cccc5c4c3)N2)cc1. The van der Waals surface area contributed by atoms with Crippen molar-refractivity contribution in [1.82, 2.24) is 9.88 Å². The van der Waals surface area contributed by atoms with Crippen LogP contribution in [-0.2, 0) is 0 Å². The number of hydrogen-bond acceptors (Lipinski definition) is 5. The van der Waals surface area contributed by atoms with Crippen LogP contribution in [-0.4, -0.2) is 16.2 Å². The summed E-state index contributed by atoms with van der Waals surface area (Å²) in [5, 5.41) is 10.8. The molecule has 0 spiro atoms. The third kappa shape index (κ3) is 4.33. The van der Waals surface area contributed by atoms with E-state index in [0.717, 1.165) is 44.5 Å². The predicted molar refractivity (Wildman–Crippen MR) is 213 cm³/mol. The van der Waals surface area contributed by atoms with Gasteiger partial charge in [-0.2, -0.15) is 0 Å². The van der Waals surface area contributed by atoms with Crippen LogP contribution < -0.4 is 5.32 Å². The summed E-state index contributed by atoms with van der Waals surface area (Å²) in [7, 11) is 0. The molecular formula is C45H28N4OS. The van der Waals surface area contributed by atoms with Crippen molar-refractivity contribution in [3.63, 3.8) is 0 Å². The van der Waals surface area contributed by atoms with Gasteiger partial charge in [-0.05, 0) is 54.1 Å². The number of nitrogens with zero attached hydrogens (tertiary/aromatic N) is 3. The molecule has 1 N–H and O–H groups in total. The number of rotatable bonds is 4. The molecule has 4 heterocycles. The number of para-hydroxylation sites is 4. The van der Waals surface area contributed by atoms with E-state index in [1.807, 2.05) is 35.6 Å². The maximum Gasteiger partial charge on any atom is 0.163 e. The van der Waals surface area contributed by atoms with Crippen molar-refractivity contribution >= 4 is 86.9 Å². The third-order valence-corrected chi connectivity index (χ3v) is 11.3. The molecule has 11 rings (SSSR count). The maximum absolute atomic E-state index is 6.44. The van der Waals surface area contributed by atoms with Gasteiger partial charge in [0, 0.05) is 42.6 Å². The van der Waals surface area contributed by atoms with E-state index in [0.29, 0.717) is 5.84 Å². The van der Waals surface area contributed by atoms with Crippen LogP contribution in [0, 0.1) is 0 Å². The Morgan fingerprint density at radius 2 is 1.27 bits per heavy atom. The van der Waals surface area contributed by atoms with Crippen molar-refractivity contribution in [3.05, 3.63) is 174 Å². The Bertz CT molecular complexity index is 3020. The molecule has 0 saturated heterocycles. The highest BCUT2D eigenvalue weighted by Crippen LogP contribution is 2.41. The highest BCUT2D eigenvalue weighted by atomic mass is 32.1. The van der Waals surface area contributed by atoms with Crippen molar-refractivity contribution in [2.45, 2.75) is 6.17 Å². The lowest BCUT2D eigenvalue weighted by molar-refractivity contribution is 0.663. The van der Waals surface area contributed by atoms with Gasteiger partial charge in [-0.1, -0.05) is 109 Å². The number of nitrogens with one attached hydrogen (secondary N) is 1. The number of furan rings is 1. The summed E-state index contributed by atoms with van der Waals surface area (Å²) in [4.78, 5) is 10.4. The van der Waals surface area contributed by atoms with Gasteiger partial charge in [-0.3, -0.25) is 0 Å². The summed E-state index contributed by atoms with van der Waals surface area (Å²) in [5.74, 6) is 1.42. The van der Waals surface area contributed by atoms with Crippen LogP contribution in [0.15, 0.2) is 172 Å². The minimum atomic E-state index is -0.315. The van der Waals surface area contributed by atoms with Crippen LogP contribution in [0.3, 0.4) is 0 Å². The second kappa shape index (κ2) is 11.0. The zero-order chi connectivity index (χ0) is 33.5. The molecular weight excluding hydrogens is 645 g/mol. The number of aliphatic imine (C=N–C) groups is 2. The fraction of sp³-hybridized carbons (Fsp3) is 0.0222. The van der Waals surface area contributed by atoms with E-state index in [9.17, 15) is 0 Å². The van der Waals surface area contributed by atoms with E-state index >= 15 is 0 Å². The van der Waals surface area contributed by atoms with Crippen molar-refractivity contribution < 1.29 is 4.42 Å². The topological polar surface area (TPSA) is 54.8 Å². The number of hydrogen-bond donors (Lipinski definition) is 1. The Labute approximate surface area is 296 Å². The average Bonchev–Trinajstić information content (AvgIpc) is 3.87. The van der Waals surface area contributed by atoms with E-state index in [2.05, 4.69) is 143 Å². The molecule has 5 nitrogen and oxygen atoms in total. The molecule has 0 fully saturated rings. The number of benzene rings is 7. The lowest BCUT2D eigenvalue weighted by Gasteiger charge is -2.23. The first-order valence-electron chi connectivity index (χ1n) is 17.1. The van der Waals surface area contributed by atoms with E-state index in [1.54, 1.807) is 0 Å².